The summed E-state index contributed by atoms with van der Waals surface area (Å²) >= 11 is 0. The van der Waals surface area contributed by atoms with Gasteiger partial charge in [-0.05, 0) is 36.9 Å². The standard InChI is InChI=1S/C15H23N3O3/c1-11-4-3-7-17(14(11)9-16)10-12-5-6-15(21-2)13(8-12)18(19)20/h5-6,8,11,14H,3-4,7,9-10,16H2,1-2H3. The highest BCUT2D eigenvalue weighted by atomic mass is 16.6. The Morgan fingerprint density at radius 2 is 2.29 bits per heavy atom. The molecule has 21 heavy (non-hydrogen) atoms. The maximum Gasteiger partial charge on any atom is 0.311 e. The van der Waals surface area contributed by atoms with E-state index in [0.29, 0.717) is 30.8 Å². The number of nitrogens with zero attached hydrogens (tertiary/aromatic N) is 2. The van der Waals surface area contributed by atoms with E-state index in [1.165, 1.54) is 13.5 Å². The van der Waals surface area contributed by atoms with E-state index in [0.717, 1.165) is 18.5 Å². The van der Waals surface area contributed by atoms with Gasteiger partial charge in [0.2, 0.25) is 0 Å². The van der Waals surface area contributed by atoms with Crippen molar-refractivity contribution in [2.75, 3.05) is 20.2 Å². The summed E-state index contributed by atoms with van der Waals surface area (Å²) in [7, 11) is 1.44. The summed E-state index contributed by atoms with van der Waals surface area (Å²) in [6, 6.07) is 5.50. The molecule has 1 aliphatic heterocycles. The molecule has 2 N–H and O–H groups in total. The van der Waals surface area contributed by atoms with Gasteiger partial charge in [-0.1, -0.05) is 13.0 Å². The highest BCUT2D eigenvalue weighted by Gasteiger charge is 2.27. The van der Waals surface area contributed by atoms with Crippen molar-refractivity contribution in [1.82, 2.24) is 4.90 Å². The summed E-state index contributed by atoms with van der Waals surface area (Å²) in [5.41, 5.74) is 6.84. The molecule has 1 fully saturated rings. The number of hydrogen-bond donors (Lipinski definition) is 1. The van der Waals surface area contributed by atoms with Crippen LogP contribution >= 0.6 is 0 Å². The van der Waals surface area contributed by atoms with Crippen molar-refractivity contribution < 1.29 is 9.66 Å². The smallest absolute Gasteiger partial charge is 0.311 e. The van der Waals surface area contributed by atoms with E-state index < -0.39 is 4.92 Å². The molecule has 2 atom stereocenters. The zero-order valence-corrected chi connectivity index (χ0v) is 12.6. The predicted octanol–water partition coefficient (Wildman–Crippen LogP) is 2.16. The maximum atomic E-state index is 11.1. The molecule has 116 valence electrons. The first-order valence-electron chi connectivity index (χ1n) is 7.32. The van der Waals surface area contributed by atoms with Gasteiger partial charge in [0, 0.05) is 25.2 Å². The van der Waals surface area contributed by atoms with E-state index in [1.807, 2.05) is 6.07 Å². The minimum atomic E-state index is -0.401. The Morgan fingerprint density at radius 3 is 2.90 bits per heavy atom. The third kappa shape index (κ3) is 3.51. The van der Waals surface area contributed by atoms with Gasteiger partial charge in [0.05, 0.1) is 12.0 Å². The van der Waals surface area contributed by atoms with Gasteiger partial charge in [-0.2, -0.15) is 0 Å². The van der Waals surface area contributed by atoms with E-state index >= 15 is 0 Å². The SMILES string of the molecule is COc1ccc(CN2CCCC(C)C2CN)cc1[N+](=O)[O-]. The zero-order valence-electron chi connectivity index (χ0n) is 12.6. The lowest BCUT2D eigenvalue weighted by atomic mass is 9.90. The van der Waals surface area contributed by atoms with Gasteiger partial charge in [0.15, 0.2) is 5.75 Å². The van der Waals surface area contributed by atoms with E-state index in [-0.39, 0.29) is 5.69 Å². The Kier molecular flexibility index (Phi) is 5.14. The lowest BCUT2D eigenvalue weighted by Gasteiger charge is -2.39. The van der Waals surface area contributed by atoms with Gasteiger partial charge in [-0.25, -0.2) is 0 Å². The molecule has 1 saturated heterocycles. The molecule has 0 spiro atoms. The van der Waals surface area contributed by atoms with Crippen LogP contribution in [0.2, 0.25) is 0 Å². The first-order valence-corrected chi connectivity index (χ1v) is 7.32. The molecule has 0 amide bonds. The Balaban J connectivity index is 2.18. The Labute approximate surface area is 125 Å². The second kappa shape index (κ2) is 6.87. The van der Waals surface area contributed by atoms with Crippen LogP contribution in [0.4, 0.5) is 5.69 Å². The number of rotatable bonds is 5. The van der Waals surface area contributed by atoms with Crippen molar-refractivity contribution in [3.8, 4) is 5.75 Å². The molecule has 2 unspecified atom stereocenters. The average Bonchev–Trinajstić information content (AvgIpc) is 2.47. The van der Waals surface area contributed by atoms with Crippen molar-refractivity contribution in [3.63, 3.8) is 0 Å². The highest BCUT2D eigenvalue weighted by molar-refractivity contribution is 5.48. The van der Waals surface area contributed by atoms with Crippen LogP contribution in [0, 0.1) is 16.0 Å². The van der Waals surface area contributed by atoms with Gasteiger partial charge in [-0.15, -0.1) is 0 Å². The lowest BCUT2D eigenvalue weighted by Crippen LogP contribution is -2.47. The first-order chi connectivity index (χ1) is 10.1. The second-order valence-corrected chi connectivity index (χ2v) is 5.66. The lowest BCUT2D eigenvalue weighted by molar-refractivity contribution is -0.385. The molecule has 0 aliphatic carbocycles. The number of nitro groups is 1. The van der Waals surface area contributed by atoms with E-state index in [1.54, 1.807) is 12.1 Å². The number of benzene rings is 1. The highest BCUT2D eigenvalue weighted by Crippen LogP contribution is 2.30. The van der Waals surface area contributed by atoms with Crippen LogP contribution < -0.4 is 10.5 Å². The molecule has 1 heterocycles. The average molecular weight is 293 g/mol. The van der Waals surface area contributed by atoms with Crippen LogP contribution in [-0.2, 0) is 6.54 Å². The summed E-state index contributed by atoms with van der Waals surface area (Å²) in [5, 5.41) is 11.1. The number of likely N-dealkylation sites (tertiary alicyclic amines) is 1. The third-order valence-corrected chi connectivity index (χ3v) is 4.30. The zero-order chi connectivity index (χ0) is 15.4. The summed E-state index contributed by atoms with van der Waals surface area (Å²) in [4.78, 5) is 13.0. The van der Waals surface area contributed by atoms with Crippen molar-refractivity contribution in [2.45, 2.75) is 32.4 Å². The van der Waals surface area contributed by atoms with Gasteiger partial charge in [0.25, 0.3) is 0 Å². The number of piperidine rings is 1. The molecular formula is C15H23N3O3. The van der Waals surface area contributed by atoms with E-state index in [2.05, 4.69) is 11.8 Å². The first kappa shape index (κ1) is 15.7. The van der Waals surface area contributed by atoms with Crippen LogP contribution in [0.5, 0.6) is 5.75 Å². The van der Waals surface area contributed by atoms with Crippen molar-refractivity contribution in [2.24, 2.45) is 11.7 Å². The Bertz CT molecular complexity index is 507. The third-order valence-electron chi connectivity index (χ3n) is 4.30. The topological polar surface area (TPSA) is 81.6 Å². The summed E-state index contributed by atoms with van der Waals surface area (Å²) < 4.78 is 5.04. The van der Waals surface area contributed by atoms with Crippen LogP contribution in [0.1, 0.15) is 25.3 Å². The fourth-order valence-corrected chi connectivity index (χ4v) is 3.12. The van der Waals surface area contributed by atoms with Crippen LogP contribution in [0.3, 0.4) is 0 Å². The normalized spacial score (nSPS) is 23.0. The molecular weight excluding hydrogens is 270 g/mol. The maximum absolute atomic E-state index is 11.1. The molecule has 1 aromatic carbocycles. The summed E-state index contributed by atoms with van der Waals surface area (Å²) in [6.45, 7) is 4.53. The van der Waals surface area contributed by atoms with Crippen molar-refractivity contribution in [1.29, 1.82) is 0 Å². The van der Waals surface area contributed by atoms with Gasteiger partial charge in [-0.3, -0.25) is 15.0 Å². The predicted molar refractivity (Wildman–Crippen MR) is 81.3 cm³/mol. The molecule has 0 bridgehead atoms. The Hall–Kier alpha value is -1.66. The second-order valence-electron chi connectivity index (χ2n) is 5.66. The van der Waals surface area contributed by atoms with Gasteiger partial charge in [0.1, 0.15) is 0 Å². The van der Waals surface area contributed by atoms with E-state index in [9.17, 15) is 10.1 Å². The number of nitrogens with two attached hydrogens (primary N) is 1. The number of methoxy groups -OCH3 is 1. The number of nitro benzene ring substituents is 1. The largest absolute Gasteiger partial charge is 0.490 e. The fraction of sp³-hybridized carbons (Fsp3) is 0.600. The minimum absolute atomic E-state index is 0.0179. The summed E-state index contributed by atoms with van der Waals surface area (Å²) in [6.07, 6.45) is 2.34. The van der Waals surface area contributed by atoms with Crippen LogP contribution in [0.15, 0.2) is 18.2 Å². The van der Waals surface area contributed by atoms with Gasteiger partial charge < -0.3 is 10.5 Å². The molecule has 0 saturated carbocycles. The van der Waals surface area contributed by atoms with Crippen molar-refractivity contribution >= 4 is 5.69 Å². The molecule has 6 nitrogen and oxygen atoms in total. The Morgan fingerprint density at radius 1 is 1.52 bits per heavy atom. The number of ether oxygens (including phenoxy) is 1. The fourth-order valence-electron chi connectivity index (χ4n) is 3.12. The summed E-state index contributed by atoms with van der Waals surface area (Å²) in [5.74, 6) is 0.864. The van der Waals surface area contributed by atoms with Crippen LogP contribution in [-0.4, -0.2) is 36.1 Å². The van der Waals surface area contributed by atoms with E-state index in [4.69, 9.17) is 10.5 Å². The molecule has 1 aromatic rings. The molecule has 6 heteroatoms. The monoisotopic (exact) mass is 293 g/mol. The molecule has 0 radical (unpaired) electrons. The van der Waals surface area contributed by atoms with Crippen LogP contribution in [0.25, 0.3) is 0 Å². The minimum Gasteiger partial charge on any atom is -0.490 e. The van der Waals surface area contributed by atoms with Gasteiger partial charge >= 0.3 is 5.69 Å². The van der Waals surface area contributed by atoms with Crippen molar-refractivity contribution in [3.05, 3.63) is 33.9 Å². The molecule has 0 aromatic heterocycles. The molecule has 2 rings (SSSR count). The quantitative estimate of drug-likeness (QED) is 0.664. The molecule has 1 aliphatic rings. The number of hydrogen-bond acceptors (Lipinski definition) is 5.